The second-order valence-electron chi connectivity index (χ2n) is 7.32. The molecule has 1 heterocycles. The summed E-state index contributed by atoms with van der Waals surface area (Å²) >= 11 is 0. The quantitative estimate of drug-likeness (QED) is 0.778. The van der Waals surface area contributed by atoms with Crippen molar-refractivity contribution in [3.05, 3.63) is 42.0 Å². The highest BCUT2D eigenvalue weighted by Crippen LogP contribution is 2.32. The highest BCUT2D eigenvalue weighted by molar-refractivity contribution is 6.09. The van der Waals surface area contributed by atoms with Crippen molar-refractivity contribution in [2.75, 3.05) is 11.9 Å². The largest absolute Gasteiger partial charge is 0.354 e. The van der Waals surface area contributed by atoms with Gasteiger partial charge in [0.2, 0.25) is 11.8 Å². The Bertz CT molecular complexity index is 905. The monoisotopic (exact) mass is 365 g/mol. The molecule has 2 aliphatic rings. The van der Waals surface area contributed by atoms with Crippen molar-refractivity contribution < 1.29 is 14.4 Å². The van der Waals surface area contributed by atoms with Gasteiger partial charge in [-0.2, -0.15) is 0 Å². The summed E-state index contributed by atoms with van der Waals surface area (Å²) in [5, 5.41) is 10.4. The van der Waals surface area contributed by atoms with Crippen LogP contribution in [-0.2, 0) is 9.59 Å². The van der Waals surface area contributed by atoms with Crippen LogP contribution in [0.2, 0.25) is 0 Å². The molecule has 0 bridgehead atoms. The van der Waals surface area contributed by atoms with Crippen LogP contribution in [0.5, 0.6) is 0 Å². The number of hydrogen-bond donors (Lipinski definition) is 3. The average Bonchev–Trinajstić information content (AvgIpc) is 3.51. The first-order valence-corrected chi connectivity index (χ1v) is 9.54. The summed E-state index contributed by atoms with van der Waals surface area (Å²) in [5.74, 6) is -0.495. The van der Waals surface area contributed by atoms with E-state index in [1.165, 1.54) is 0 Å². The maximum Gasteiger partial charge on any atom is 0.254 e. The van der Waals surface area contributed by atoms with Crippen LogP contribution in [0.1, 0.15) is 42.5 Å². The van der Waals surface area contributed by atoms with E-state index in [0.717, 1.165) is 36.5 Å². The van der Waals surface area contributed by atoms with Crippen molar-refractivity contribution in [2.45, 2.75) is 38.1 Å². The third-order valence-corrected chi connectivity index (χ3v) is 5.18. The van der Waals surface area contributed by atoms with Crippen LogP contribution in [0.3, 0.4) is 0 Å². The Morgan fingerprint density at radius 1 is 1.00 bits per heavy atom. The van der Waals surface area contributed by atoms with Crippen LogP contribution in [0.15, 0.2) is 36.4 Å². The van der Waals surface area contributed by atoms with E-state index < -0.39 is 6.04 Å². The molecule has 6 heteroatoms. The summed E-state index contributed by atoms with van der Waals surface area (Å²) in [6.07, 6.45) is 4.20. The second kappa shape index (κ2) is 7.39. The molecule has 0 aromatic heterocycles. The Morgan fingerprint density at radius 3 is 2.48 bits per heavy atom. The molecule has 4 rings (SSSR count). The van der Waals surface area contributed by atoms with Gasteiger partial charge < -0.3 is 16.0 Å². The summed E-state index contributed by atoms with van der Waals surface area (Å²) in [4.78, 5) is 37.4. The number of fused-ring (bicyclic) bond motifs is 1. The van der Waals surface area contributed by atoms with E-state index in [9.17, 15) is 14.4 Å². The topological polar surface area (TPSA) is 87.3 Å². The lowest BCUT2D eigenvalue weighted by atomic mass is 10.0. The van der Waals surface area contributed by atoms with Gasteiger partial charge in [0.25, 0.3) is 5.91 Å². The molecule has 0 radical (unpaired) electrons. The highest BCUT2D eigenvalue weighted by atomic mass is 16.2. The van der Waals surface area contributed by atoms with E-state index in [-0.39, 0.29) is 23.6 Å². The molecule has 0 spiro atoms. The first-order chi connectivity index (χ1) is 13.1. The molecule has 1 unspecified atom stereocenters. The molecule has 2 fully saturated rings. The number of anilines is 1. The zero-order valence-corrected chi connectivity index (χ0v) is 15.1. The van der Waals surface area contributed by atoms with E-state index in [2.05, 4.69) is 16.0 Å². The van der Waals surface area contributed by atoms with Crippen LogP contribution < -0.4 is 16.0 Å². The molecule has 2 aromatic carbocycles. The van der Waals surface area contributed by atoms with Gasteiger partial charge in [0.15, 0.2) is 0 Å². The Kier molecular flexibility index (Phi) is 4.79. The molecule has 1 saturated heterocycles. The van der Waals surface area contributed by atoms with E-state index in [1.54, 1.807) is 6.07 Å². The van der Waals surface area contributed by atoms with E-state index >= 15 is 0 Å². The standard InChI is InChI=1S/C21H23N3O3/c25-19(13-8-9-13)24-18-12-15-6-2-1-5-14(15)11-16(18)20(26)23-17-7-3-4-10-22-21(17)27/h1-2,5-6,11-13,17H,3-4,7-10H2,(H,22,27)(H,23,26)(H,24,25). The van der Waals surface area contributed by atoms with Crippen molar-refractivity contribution in [3.63, 3.8) is 0 Å². The van der Waals surface area contributed by atoms with Crippen LogP contribution in [-0.4, -0.2) is 30.3 Å². The number of hydrogen-bond acceptors (Lipinski definition) is 3. The molecular formula is C21H23N3O3. The molecule has 3 N–H and O–H groups in total. The minimum Gasteiger partial charge on any atom is -0.354 e. The summed E-state index contributed by atoms with van der Waals surface area (Å²) in [6.45, 7) is 0.643. The van der Waals surface area contributed by atoms with Gasteiger partial charge in [0.1, 0.15) is 6.04 Å². The molecule has 1 aliphatic carbocycles. The third-order valence-electron chi connectivity index (χ3n) is 5.18. The Morgan fingerprint density at radius 2 is 1.74 bits per heavy atom. The van der Waals surface area contributed by atoms with Gasteiger partial charge in [-0.05, 0) is 55.0 Å². The predicted molar refractivity (Wildman–Crippen MR) is 103 cm³/mol. The van der Waals surface area contributed by atoms with Crippen LogP contribution in [0.4, 0.5) is 5.69 Å². The Labute approximate surface area is 157 Å². The fraction of sp³-hybridized carbons (Fsp3) is 0.381. The summed E-state index contributed by atoms with van der Waals surface area (Å²) in [6, 6.07) is 10.8. The lowest BCUT2D eigenvalue weighted by molar-refractivity contribution is -0.122. The van der Waals surface area contributed by atoms with Gasteiger partial charge in [-0.1, -0.05) is 24.3 Å². The zero-order valence-electron chi connectivity index (χ0n) is 15.1. The predicted octanol–water partition coefficient (Wildman–Crippen LogP) is 2.59. The van der Waals surface area contributed by atoms with E-state index in [0.29, 0.717) is 24.2 Å². The fourth-order valence-corrected chi connectivity index (χ4v) is 3.42. The van der Waals surface area contributed by atoms with Crippen LogP contribution >= 0.6 is 0 Å². The molecule has 3 amide bonds. The number of rotatable bonds is 4. The Balaban J connectivity index is 1.64. The molecule has 2 aromatic rings. The number of nitrogens with one attached hydrogen (secondary N) is 3. The molecule has 140 valence electrons. The average molecular weight is 365 g/mol. The van der Waals surface area contributed by atoms with Gasteiger partial charge in [-0.25, -0.2) is 0 Å². The van der Waals surface area contributed by atoms with Gasteiger partial charge in [-0.3, -0.25) is 14.4 Å². The summed E-state index contributed by atoms with van der Waals surface area (Å²) < 4.78 is 0. The SMILES string of the molecule is O=C(NC1CCCCNC1=O)c1cc2ccccc2cc1NC(=O)C1CC1. The molecular weight excluding hydrogens is 342 g/mol. The van der Waals surface area contributed by atoms with Gasteiger partial charge in [0.05, 0.1) is 11.3 Å². The maximum atomic E-state index is 13.0. The van der Waals surface area contributed by atoms with Crippen molar-refractivity contribution in [3.8, 4) is 0 Å². The van der Waals surface area contributed by atoms with Gasteiger partial charge in [0, 0.05) is 12.5 Å². The summed E-state index contributed by atoms with van der Waals surface area (Å²) in [7, 11) is 0. The van der Waals surface area contributed by atoms with E-state index in [4.69, 9.17) is 0 Å². The lowest BCUT2D eigenvalue weighted by Crippen LogP contribution is -2.45. The highest BCUT2D eigenvalue weighted by Gasteiger charge is 2.31. The second-order valence-corrected chi connectivity index (χ2v) is 7.32. The minimum atomic E-state index is -0.543. The molecule has 1 atom stereocenters. The van der Waals surface area contributed by atoms with Crippen molar-refractivity contribution in [1.82, 2.24) is 10.6 Å². The maximum absolute atomic E-state index is 13.0. The number of benzene rings is 2. The zero-order chi connectivity index (χ0) is 18.8. The molecule has 27 heavy (non-hydrogen) atoms. The first-order valence-electron chi connectivity index (χ1n) is 9.54. The number of carbonyl (C=O) groups is 3. The fourth-order valence-electron chi connectivity index (χ4n) is 3.42. The van der Waals surface area contributed by atoms with Gasteiger partial charge in [-0.15, -0.1) is 0 Å². The Hall–Kier alpha value is -2.89. The number of carbonyl (C=O) groups excluding carboxylic acids is 3. The summed E-state index contributed by atoms with van der Waals surface area (Å²) in [5.41, 5.74) is 0.886. The lowest BCUT2D eigenvalue weighted by Gasteiger charge is -2.18. The van der Waals surface area contributed by atoms with Crippen molar-refractivity contribution in [2.24, 2.45) is 5.92 Å². The normalized spacial score (nSPS) is 19.9. The minimum absolute atomic E-state index is 0.0417. The van der Waals surface area contributed by atoms with E-state index in [1.807, 2.05) is 30.3 Å². The first kappa shape index (κ1) is 17.5. The van der Waals surface area contributed by atoms with Crippen molar-refractivity contribution in [1.29, 1.82) is 0 Å². The van der Waals surface area contributed by atoms with Gasteiger partial charge >= 0.3 is 0 Å². The smallest absolute Gasteiger partial charge is 0.254 e. The molecule has 1 aliphatic heterocycles. The molecule has 1 saturated carbocycles. The van der Waals surface area contributed by atoms with Crippen LogP contribution in [0.25, 0.3) is 10.8 Å². The number of amides is 3. The van der Waals surface area contributed by atoms with Crippen LogP contribution in [0, 0.1) is 5.92 Å². The molecule has 6 nitrogen and oxygen atoms in total. The van der Waals surface area contributed by atoms with Crippen molar-refractivity contribution >= 4 is 34.2 Å². The third kappa shape index (κ3) is 3.94.